The molecule has 0 unspecified atom stereocenters. The second-order valence-electron chi connectivity index (χ2n) is 4.52. The van der Waals surface area contributed by atoms with Crippen LogP contribution >= 0.6 is 27.5 Å². The second kappa shape index (κ2) is 7.69. The third kappa shape index (κ3) is 4.13. The van der Waals surface area contributed by atoms with Gasteiger partial charge in [-0.3, -0.25) is 0 Å². The first kappa shape index (κ1) is 16.1. The van der Waals surface area contributed by atoms with E-state index in [4.69, 9.17) is 21.1 Å². The summed E-state index contributed by atoms with van der Waals surface area (Å²) in [6.45, 7) is 1.23. The molecule has 0 aliphatic carbocycles. The quantitative estimate of drug-likeness (QED) is 0.787. The molecule has 0 spiro atoms. The van der Waals surface area contributed by atoms with Gasteiger partial charge >= 0.3 is 0 Å². The third-order valence-corrected chi connectivity index (χ3v) is 4.15. The Bertz CT molecular complexity index is 619. The van der Waals surface area contributed by atoms with Crippen LogP contribution < -0.4 is 10.1 Å². The van der Waals surface area contributed by atoms with Crippen molar-refractivity contribution in [3.8, 4) is 5.75 Å². The lowest BCUT2D eigenvalue weighted by Gasteiger charge is -2.14. The maximum atomic E-state index is 6.14. The van der Waals surface area contributed by atoms with Gasteiger partial charge < -0.3 is 14.8 Å². The van der Waals surface area contributed by atoms with E-state index in [2.05, 4.69) is 21.2 Å². The number of hydrogen-bond donors (Lipinski definition) is 1. The smallest absolute Gasteiger partial charge is 0.137 e. The van der Waals surface area contributed by atoms with Crippen molar-refractivity contribution >= 4 is 33.2 Å². The van der Waals surface area contributed by atoms with Gasteiger partial charge in [-0.25, -0.2) is 0 Å². The molecular formula is C16H17BrClNO2. The zero-order valence-electron chi connectivity index (χ0n) is 12.0. The summed E-state index contributed by atoms with van der Waals surface area (Å²) in [6.07, 6.45) is 0. The minimum absolute atomic E-state index is 0.549. The van der Waals surface area contributed by atoms with E-state index >= 15 is 0 Å². The van der Waals surface area contributed by atoms with Crippen LogP contribution in [-0.4, -0.2) is 14.2 Å². The summed E-state index contributed by atoms with van der Waals surface area (Å²) in [7, 11) is 3.30. The van der Waals surface area contributed by atoms with Crippen molar-refractivity contribution in [3.63, 3.8) is 0 Å². The van der Waals surface area contributed by atoms with Gasteiger partial charge in [-0.1, -0.05) is 39.7 Å². The predicted octanol–water partition coefficient (Wildman–Crippen LogP) is 4.87. The zero-order chi connectivity index (χ0) is 15.2. The lowest BCUT2D eigenvalue weighted by molar-refractivity contribution is 0.185. The topological polar surface area (TPSA) is 30.5 Å². The Hall–Kier alpha value is -1.23. The summed E-state index contributed by atoms with van der Waals surface area (Å²) in [5.41, 5.74) is 3.22. The highest BCUT2D eigenvalue weighted by Crippen LogP contribution is 2.28. The normalized spacial score (nSPS) is 10.5. The number of nitrogens with one attached hydrogen (secondary N) is 1. The second-order valence-corrected chi connectivity index (χ2v) is 5.78. The standard InChI is InChI=1S/C16H17BrClNO2/c1-20-10-12-13(17)4-3-5-15(12)19-9-11-6-7-16(21-2)14(18)8-11/h3-8,19H,9-10H2,1-2H3. The van der Waals surface area contributed by atoms with Crippen molar-refractivity contribution in [1.82, 2.24) is 0 Å². The number of benzene rings is 2. The Kier molecular flexibility index (Phi) is 5.91. The van der Waals surface area contributed by atoms with E-state index < -0.39 is 0 Å². The lowest BCUT2D eigenvalue weighted by Crippen LogP contribution is -2.04. The molecule has 5 heteroatoms. The number of anilines is 1. The average molecular weight is 371 g/mol. The van der Waals surface area contributed by atoms with Gasteiger partial charge in [0, 0.05) is 29.4 Å². The molecule has 0 atom stereocenters. The number of ether oxygens (including phenoxy) is 2. The van der Waals surface area contributed by atoms with E-state index in [0.29, 0.717) is 23.9 Å². The molecule has 3 nitrogen and oxygen atoms in total. The molecule has 21 heavy (non-hydrogen) atoms. The largest absolute Gasteiger partial charge is 0.495 e. The van der Waals surface area contributed by atoms with Crippen molar-refractivity contribution in [3.05, 3.63) is 57.0 Å². The van der Waals surface area contributed by atoms with Crippen LogP contribution in [0.4, 0.5) is 5.69 Å². The maximum Gasteiger partial charge on any atom is 0.137 e. The van der Waals surface area contributed by atoms with Gasteiger partial charge in [0.05, 0.1) is 18.7 Å². The van der Waals surface area contributed by atoms with Gasteiger partial charge in [-0.15, -0.1) is 0 Å². The molecule has 0 fully saturated rings. The van der Waals surface area contributed by atoms with Crippen LogP contribution in [0.25, 0.3) is 0 Å². The first-order chi connectivity index (χ1) is 10.2. The fourth-order valence-corrected chi connectivity index (χ4v) is 2.79. The summed E-state index contributed by atoms with van der Waals surface area (Å²) < 4.78 is 11.4. The van der Waals surface area contributed by atoms with Gasteiger partial charge in [0.25, 0.3) is 0 Å². The fourth-order valence-electron chi connectivity index (χ4n) is 2.03. The van der Waals surface area contributed by atoms with Crippen molar-refractivity contribution in [2.75, 3.05) is 19.5 Å². The Morgan fingerprint density at radius 3 is 2.67 bits per heavy atom. The molecule has 0 heterocycles. The van der Waals surface area contributed by atoms with Crippen LogP contribution in [0.5, 0.6) is 5.75 Å². The lowest BCUT2D eigenvalue weighted by atomic mass is 10.1. The highest BCUT2D eigenvalue weighted by atomic mass is 79.9. The fraction of sp³-hybridized carbons (Fsp3) is 0.250. The first-order valence-electron chi connectivity index (χ1n) is 6.48. The van der Waals surface area contributed by atoms with E-state index in [-0.39, 0.29) is 0 Å². The van der Waals surface area contributed by atoms with E-state index in [0.717, 1.165) is 21.3 Å². The molecule has 112 valence electrons. The van der Waals surface area contributed by atoms with Crippen molar-refractivity contribution < 1.29 is 9.47 Å². The van der Waals surface area contributed by atoms with Crippen molar-refractivity contribution in [1.29, 1.82) is 0 Å². The monoisotopic (exact) mass is 369 g/mol. The minimum Gasteiger partial charge on any atom is -0.495 e. The molecule has 2 rings (SSSR count). The number of methoxy groups -OCH3 is 2. The molecular weight excluding hydrogens is 354 g/mol. The summed E-state index contributed by atoms with van der Waals surface area (Å²) >= 11 is 9.68. The van der Waals surface area contributed by atoms with E-state index in [1.165, 1.54) is 0 Å². The van der Waals surface area contributed by atoms with Crippen LogP contribution in [0.1, 0.15) is 11.1 Å². The first-order valence-corrected chi connectivity index (χ1v) is 7.65. The molecule has 0 amide bonds. The van der Waals surface area contributed by atoms with Gasteiger partial charge in [-0.05, 0) is 29.8 Å². The minimum atomic E-state index is 0.549. The van der Waals surface area contributed by atoms with Crippen LogP contribution in [0.2, 0.25) is 5.02 Å². The average Bonchev–Trinajstić information content (AvgIpc) is 2.48. The molecule has 0 aliphatic rings. The third-order valence-electron chi connectivity index (χ3n) is 3.11. The molecule has 2 aromatic rings. The Balaban J connectivity index is 2.13. The van der Waals surface area contributed by atoms with Gasteiger partial charge in [-0.2, -0.15) is 0 Å². The summed E-state index contributed by atoms with van der Waals surface area (Å²) in [5.74, 6) is 0.683. The van der Waals surface area contributed by atoms with Crippen LogP contribution in [-0.2, 0) is 17.9 Å². The van der Waals surface area contributed by atoms with Crippen LogP contribution in [0, 0.1) is 0 Å². The highest BCUT2D eigenvalue weighted by molar-refractivity contribution is 9.10. The van der Waals surface area contributed by atoms with Crippen molar-refractivity contribution in [2.24, 2.45) is 0 Å². The van der Waals surface area contributed by atoms with Crippen molar-refractivity contribution in [2.45, 2.75) is 13.2 Å². The van der Waals surface area contributed by atoms with E-state index in [9.17, 15) is 0 Å². The molecule has 0 aromatic heterocycles. The summed E-state index contributed by atoms with van der Waals surface area (Å²) in [4.78, 5) is 0. The van der Waals surface area contributed by atoms with E-state index in [1.54, 1.807) is 14.2 Å². The van der Waals surface area contributed by atoms with Crippen LogP contribution in [0.3, 0.4) is 0 Å². The Morgan fingerprint density at radius 1 is 1.19 bits per heavy atom. The van der Waals surface area contributed by atoms with Gasteiger partial charge in [0.1, 0.15) is 5.75 Å². The number of rotatable bonds is 6. The molecule has 0 saturated heterocycles. The zero-order valence-corrected chi connectivity index (χ0v) is 14.3. The summed E-state index contributed by atoms with van der Waals surface area (Å²) in [5, 5.41) is 4.02. The van der Waals surface area contributed by atoms with Gasteiger partial charge in [0.15, 0.2) is 0 Å². The molecule has 0 saturated carbocycles. The molecule has 1 N–H and O–H groups in total. The number of halogens is 2. The molecule has 2 aromatic carbocycles. The highest BCUT2D eigenvalue weighted by Gasteiger charge is 2.07. The van der Waals surface area contributed by atoms with Crippen LogP contribution in [0.15, 0.2) is 40.9 Å². The molecule has 0 bridgehead atoms. The predicted molar refractivity (Wildman–Crippen MR) is 90.2 cm³/mol. The SMILES string of the molecule is COCc1c(Br)cccc1NCc1ccc(OC)c(Cl)c1. The molecule has 0 radical (unpaired) electrons. The number of hydrogen-bond acceptors (Lipinski definition) is 3. The maximum absolute atomic E-state index is 6.14. The Labute approximate surface area is 138 Å². The summed E-state index contributed by atoms with van der Waals surface area (Å²) in [6, 6.07) is 11.8. The molecule has 0 aliphatic heterocycles. The van der Waals surface area contributed by atoms with Gasteiger partial charge in [0.2, 0.25) is 0 Å². The Morgan fingerprint density at radius 2 is 2.00 bits per heavy atom. The van der Waals surface area contributed by atoms with E-state index in [1.807, 2.05) is 36.4 Å².